The quantitative estimate of drug-likeness (QED) is 0.249. The minimum atomic E-state index is -0.786. The number of hydrogen-bond acceptors (Lipinski definition) is 10. The molecule has 0 aliphatic carbocycles. The van der Waals surface area contributed by atoms with Gasteiger partial charge in [-0.25, -0.2) is 0 Å². The van der Waals surface area contributed by atoms with Crippen LogP contribution in [-0.4, -0.2) is 94.1 Å². The van der Waals surface area contributed by atoms with E-state index in [-0.39, 0.29) is 36.1 Å². The number of anilines is 2. The van der Waals surface area contributed by atoms with E-state index in [1.165, 1.54) is 0 Å². The molecule has 0 bridgehead atoms. The summed E-state index contributed by atoms with van der Waals surface area (Å²) in [6.45, 7) is 3.50. The third-order valence-corrected chi connectivity index (χ3v) is 9.99. The monoisotopic (exact) mass is 674 g/mol. The minimum absolute atomic E-state index is 0.116. The number of phenolic OH excluding ortho intramolecular Hbond substituents is 1. The summed E-state index contributed by atoms with van der Waals surface area (Å²) >= 11 is 0. The molecule has 0 saturated carbocycles. The molecule has 1 atom stereocenters. The topological polar surface area (TPSA) is 161 Å². The highest BCUT2D eigenvalue weighted by atomic mass is 16.3. The van der Waals surface area contributed by atoms with Crippen molar-refractivity contribution in [1.29, 1.82) is 0 Å². The number of rotatable bonds is 7. The predicted molar refractivity (Wildman–Crippen MR) is 185 cm³/mol. The van der Waals surface area contributed by atoms with E-state index in [1.807, 2.05) is 59.5 Å². The van der Waals surface area contributed by atoms with Gasteiger partial charge in [0.15, 0.2) is 0 Å². The van der Waals surface area contributed by atoms with Crippen LogP contribution in [0.4, 0.5) is 11.4 Å². The number of aromatic nitrogens is 3. The molecule has 3 N–H and O–H groups in total. The number of imide groups is 1. The lowest BCUT2D eigenvalue weighted by Gasteiger charge is -2.46. The number of piperidine rings is 2. The number of amides is 4. The van der Waals surface area contributed by atoms with Crippen LogP contribution in [0.2, 0.25) is 0 Å². The maximum Gasteiger partial charge on any atom is 0.270 e. The molecule has 256 valence electrons. The van der Waals surface area contributed by atoms with E-state index in [1.54, 1.807) is 30.6 Å². The first-order chi connectivity index (χ1) is 24.3. The van der Waals surface area contributed by atoms with Crippen molar-refractivity contribution in [2.75, 3.05) is 49.1 Å². The van der Waals surface area contributed by atoms with Gasteiger partial charge in [0.1, 0.15) is 17.5 Å². The van der Waals surface area contributed by atoms with Crippen LogP contribution in [0.15, 0.2) is 85.2 Å². The standard InChI is InChI=1S/C37H38N8O5/c46-32-9-5-4-8-28(32)30-23-27(24-39-42-30)43-16-13-37(14-17-43,25-6-2-1-3-7-25)36(50)45-20-18-44(19-21-45)26-12-15-38-31(22-26)35(49)40-29-10-11-33(47)41-34(29)48/h1-9,12,15,22-24,29,46H,10-11,13-14,16-21H2,(H,40,49)(H,41,47,48)/t29-/m1/s1. The van der Waals surface area contributed by atoms with E-state index >= 15 is 0 Å². The Bertz CT molecular complexity index is 1900. The Morgan fingerprint density at radius 1 is 0.860 bits per heavy atom. The molecule has 3 fully saturated rings. The Kier molecular flexibility index (Phi) is 9.11. The highest BCUT2D eigenvalue weighted by Crippen LogP contribution is 2.40. The highest BCUT2D eigenvalue weighted by molar-refractivity contribution is 6.03. The molecule has 50 heavy (non-hydrogen) atoms. The van der Waals surface area contributed by atoms with E-state index in [0.717, 1.165) is 16.9 Å². The van der Waals surface area contributed by atoms with Crippen LogP contribution in [0.25, 0.3) is 11.3 Å². The van der Waals surface area contributed by atoms with Crippen molar-refractivity contribution in [1.82, 2.24) is 30.7 Å². The summed E-state index contributed by atoms with van der Waals surface area (Å²) in [6.07, 6.45) is 4.95. The Labute approximate surface area is 289 Å². The van der Waals surface area contributed by atoms with Gasteiger partial charge in [0, 0.05) is 63.1 Å². The van der Waals surface area contributed by atoms with Gasteiger partial charge < -0.3 is 25.1 Å². The number of piperazine rings is 1. The molecule has 13 heteroatoms. The summed E-state index contributed by atoms with van der Waals surface area (Å²) in [7, 11) is 0. The molecule has 0 unspecified atom stereocenters. The van der Waals surface area contributed by atoms with Gasteiger partial charge in [0.2, 0.25) is 17.7 Å². The van der Waals surface area contributed by atoms with Gasteiger partial charge >= 0.3 is 0 Å². The van der Waals surface area contributed by atoms with Crippen molar-refractivity contribution in [3.8, 4) is 17.0 Å². The van der Waals surface area contributed by atoms with Gasteiger partial charge in [0.05, 0.1) is 23.0 Å². The fourth-order valence-corrected chi connectivity index (χ4v) is 7.16. The summed E-state index contributed by atoms with van der Waals surface area (Å²) < 4.78 is 0. The zero-order chi connectivity index (χ0) is 34.7. The number of nitrogens with one attached hydrogen (secondary N) is 2. The van der Waals surface area contributed by atoms with Crippen LogP contribution in [0.3, 0.4) is 0 Å². The smallest absolute Gasteiger partial charge is 0.270 e. The van der Waals surface area contributed by atoms with Crippen molar-refractivity contribution < 1.29 is 24.3 Å². The van der Waals surface area contributed by atoms with Gasteiger partial charge in [-0.3, -0.25) is 29.5 Å². The van der Waals surface area contributed by atoms with E-state index in [0.29, 0.717) is 63.4 Å². The van der Waals surface area contributed by atoms with Crippen LogP contribution in [-0.2, 0) is 19.8 Å². The van der Waals surface area contributed by atoms with Crippen LogP contribution in [0.5, 0.6) is 5.75 Å². The summed E-state index contributed by atoms with van der Waals surface area (Å²) in [5.41, 5.74) is 3.41. The molecule has 4 amide bonds. The molecule has 3 aliphatic rings. The SMILES string of the molecule is O=C1CC[C@@H](NC(=O)c2cc(N3CCN(C(=O)C4(c5ccccc5)CCN(c5cnnc(-c6ccccc6O)c5)CC4)CC3)ccn2)C(=O)N1. The maximum atomic E-state index is 14.5. The molecular formula is C37H38N8O5. The first-order valence-corrected chi connectivity index (χ1v) is 16.9. The number of hydrogen-bond donors (Lipinski definition) is 3. The van der Waals surface area contributed by atoms with Gasteiger partial charge in [-0.15, -0.1) is 0 Å². The van der Waals surface area contributed by atoms with E-state index in [4.69, 9.17) is 0 Å². The number of benzene rings is 2. The number of para-hydroxylation sites is 1. The second-order valence-corrected chi connectivity index (χ2v) is 12.9. The van der Waals surface area contributed by atoms with E-state index in [2.05, 4.69) is 35.6 Å². The molecule has 5 heterocycles. The maximum absolute atomic E-state index is 14.5. The largest absolute Gasteiger partial charge is 0.507 e. The number of nitrogens with zero attached hydrogens (tertiary/aromatic N) is 6. The van der Waals surface area contributed by atoms with Crippen molar-refractivity contribution in [3.63, 3.8) is 0 Å². The number of phenols is 1. The second kappa shape index (κ2) is 13.9. The normalized spacial score (nSPS) is 19.1. The lowest BCUT2D eigenvalue weighted by atomic mass is 9.71. The average molecular weight is 675 g/mol. The molecule has 4 aromatic rings. The summed E-state index contributed by atoms with van der Waals surface area (Å²) in [4.78, 5) is 61.6. The highest BCUT2D eigenvalue weighted by Gasteiger charge is 2.45. The molecule has 2 aromatic heterocycles. The van der Waals surface area contributed by atoms with Crippen molar-refractivity contribution in [3.05, 3.63) is 96.4 Å². The van der Waals surface area contributed by atoms with Gasteiger partial charge in [0.25, 0.3) is 5.91 Å². The zero-order valence-corrected chi connectivity index (χ0v) is 27.5. The first-order valence-electron chi connectivity index (χ1n) is 16.9. The summed E-state index contributed by atoms with van der Waals surface area (Å²) in [6, 6.07) is 21.8. The van der Waals surface area contributed by atoms with E-state index in [9.17, 15) is 24.3 Å². The van der Waals surface area contributed by atoms with Gasteiger partial charge in [-0.1, -0.05) is 42.5 Å². The second-order valence-electron chi connectivity index (χ2n) is 12.9. The van der Waals surface area contributed by atoms with Crippen molar-refractivity contribution in [2.24, 2.45) is 0 Å². The zero-order valence-electron chi connectivity index (χ0n) is 27.5. The number of aromatic hydroxyl groups is 1. The summed E-state index contributed by atoms with van der Waals surface area (Å²) in [5, 5.41) is 23.8. The Balaban J connectivity index is 1.02. The predicted octanol–water partition coefficient (Wildman–Crippen LogP) is 2.67. The van der Waals surface area contributed by atoms with Gasteiger partial charge in [-0.05, 0) is 55.2 Å². The van der Waals surface area contributed by atoms with Gasteiger partial charge in [-0.2, -0.15) is 10.2 Å². The molecule has 0 spiro atoms. The molecule has 0 radical (unpaired) electrons. The Hall–Kier alpha value is -5.85. The number of pyridine rings is 1. The lowest BCUT2D eigenvalue weighted by Crippen LogP contribution is -2.57. The third-order valence-electron chi connectivity index (χ3n) is 9.99. The average Bonchev–Trinajstić information content (AvgIpc) is 3.16. The van der Waals surface area contributed by atoms with Crippen molar-refractivity contribution in [2.45, 2.75) is 37.1 Å². The molecule has 3 saturated heterocycles. The van der Waals surface area contributed by atoms with Crippen LogP contribution >= 0.6 is 0 Å². The number of carbonyl (C=O) groups is 4. The molecule has 7 rings (SSSR count). The third kappa shape index (κ3) is 6.58. The minimum Gasteiger partial charge on any atom is -0.507 e. The molecular weight excluding hydrogens is 636 g/mol. The fraction of sp³-hybridized carbons (Fsp3) is 0.324. The van der Waals surface area contributed by atoms with Crippen LogP contribution < -0.4 is 20.4 Å². The van der Waals surface area contributed by atoms with Crippen molar-refractivity contribution >= 4 is 35.0 Å². The van der Waals surface area contributed by atoms with Crippen LogP contribution in [0, 0.1) is 0 Å². The number of carbonyl (C=O) groups excluding carboxylic acids is 4. The Morgan fingerprint density at radius 2 is 1.58 bits per heavy atom. The fourth-order valence-electron chi connectivity index (χ4n) is 7.16. The molecule has 3 aliphatic heterocycles. The molecule has 2 aromatic carbocycles. The Morgan fingerprint density at radius 3 is 2.32 bits per heavy atom. The lowest BCUT2D eigenvalue weighted by molar-refractivity contribution is -0.139. The van der Waals surface area contributed by atoms with Crippen LogP contribution in [0.1, 0.15) is 41.7 Å². The molecule has 13 nitrogen and oxygen atoms in total. The summed E-state index contributed by atoms with van der Waals surface area (Å²) in [5.74, 6) is -1.08. The van der Waals surface area contributed by atoms with E-state index < -0.39 is 23.3 Å². The first kappa shape index (κ1) is 32.7.